The molecule has 2 aliphatic rings. The Bertz CT molecular complexity index is 1090. The normalized spacial score (nSPS) is 20.7. The highest BCUT2D eigenvalue weighted by Gasteiger charge is 2.54. The Kier molecular flexibility index (Phi) is 7.38. The standard InChI is InChI=1S/C19H21N5O7S2/c1-8(4-11-7-33-19(20)21-11)12(23-30-3)15(26)22-13-16(27)24-14(18(28)29)10(5-31-9(2)25)6-32-17(13)24/h4,7,13,17H,5-6H2,1-3H3,(H2,20,21)(H,22,26)(H,28,29)/b8-4+,23-12-/t13-,17-/m1/s1. The number of carboxylic acids is 1. The van der Waals surface area contributed by atoms with E-state index < -0.39 is 35.2 Å². The van der Waals surface area contributed by atoms with Crippen molar-refractivity contribution in [2.24, 2.45) is 5.16 Å². The van der Waals surface area contributed by atoms with E-state index in [0.717, 1.165) is 4.90 Å². The van der Waals surface area contributed by atoms with Crippen molar-refractivity contribution in [2.75, 3.05) is 25.2 Å². The SMILES string of the molecule is CO/N=C(C(=O)N[C@@H]1C(=O)N2C(C(=O)O)=C(COC(C)=O)CS[C@H]12)/C(C)=C/c1csc(N)n1. The van der Waals surface area contributed by atoms with Gasteiger partial charge >= 0.3 is 11.9 Å². The fourth-order valence-corrected chi connectivity index (χ4v) is 5.08. The Morgan fingerprint density at radius 2 is 2.15 bits per heavy atom. The number of nitrogen functional groups attached to an aromatic ring is 1. The fraction of sp³-hybridized carbons (Fsp3) is 0.368. The lowest BCUT2D eigenvalue weighted by atomic mass is 10.0. The first kappa shape index (κ1) is 24.3. The molecule has 33 heavy (non-hydrogen) atoms. The summed E-state index contributed by atoms with van der Waals surface area (Å²) in [5, 5.41) is 17.4. The lowest BCUT2D eigenvalue weighted by Crippen LogP contribution is -2.71. The summed E-state index contributed by atoms with van der Waals surface area (Å²) in [7, 11) is 1.28. The van der Waals surface area contributed by atoms with Crippen molar-refractivity contribution < 1.29 is 33.9 Å². The summed E-state index contributed by atoms with van der Waals surface area (Å²) in [5.74, 6) is -2.92. The molecule has 0 aromatic carbocycles. The fourth-order valence-electron chi connectivity index (χ4n) is 3.23. The molecule has 2 atom stereocenters. The van der Waals surface area contributed by atoms with Crippen LogP contribution in [0.15, 0.2) is 27.4 Å². The average molecular weight is 496 g/mol. The first-order valence-electron chi connectivity index (χ1n) is 9.49. The van der Waals surface area contributed by atoms with Crippen molar-refractivity contribution in [1.29, 1.82) is 0 Å². The number of nitrogens with zero attached hydrogens (tertiary/aromatic N) is 3. The van der Waals surface area contributed by atoms with E-state index in [1.807, 2.05) is 0 Å². The second-order valence-corrected chi connectivity index (χ2v) is 8.95. The number of anilines is 1. The summed E-state index contributed by atoms with van der Waals surface area (Å²) in [6.07, 6.45) is 1.60. The zero-order valence-electron chi connectivity index (χ0n) is 17.9. The van der Waals surface area contributed by atoms with Crippen molar-refractivity contribution >= 4 is 63.8 Å². The van der Waals surface area contributed by atoms with Crippen LogP contribution in [0.5, 0.6) is 0 Å². The summed E-state index contributed by atoms with van der Waals surface area (Å²) in [6, 6.07) is -0.961. The van der Waals surface area contributed by atoms with Gasteiger partial charge in [0, 0.05) is 23.6 Å². The number of amides is 2. The smallest absolute Gasteiger partial charge is 0.352 e. The van der Waals surface area contributed by atoms with Crippen LogP contribution in [0.3, 0.4) is 0 Å². The van der Waals surface area contributed by atoms with E-state index in [2.05, 4.69) is 15.5 Å². The van der Waals surface area contributed by atoms with Crippen molar-refractivity contribution in [2.45, 2.75) is 25.3 Å². The number of rotatable bonds is 8. The summed E-state index contributed by atoms with van der Waals surface area (Å²) in [5.41, 5.74) is 6.59. The van der Waals surface area contributed by atoms with E-state index in [1.54, 1.807) is 18.4 Å². The van der Waals surface area contributed by atoms with E-state index in [4.69, 9.17) is 15.3 Å². The third kappa shape index (κ3) is 5.17. The molecular formula is C19H21N5O7S2. The number of carboxylic acid groups (broad SMARTS) is 1. The highest BCUT2D eigenvalue weighted by Crippen LogP contribution is 2.40. The number of fused-ring (bicyclic) bond motifs is 1. The first-order chi connectivity index (χ1) is 15.6. The molecule has 1 saturated heterocycles. The minimum Gasteiger partial charge on any atom is -0.477 e. The van der Waals surface area contributed by atoms with Gasteiger partial charge < -0.3 is 25.7 Å². The second kappa shape index (κ2) is 10.0. The molecule has 1 aromatic rings. The van der Waals surface area contributed by atoms with Gasteiger partial charge in [-0.15, -0.1) is 23.1 Å². The minimum absolute atomic E-state index is 0.0688. The molecular weight excluding hydrogens is 474 g/mol. The molecule has 0 spiro atoms. The van der Waals surface area contributed by atoms with Gasteiger partial charge in [0.2, 0.25) is 0 Å². The molecule has 4 N–H and O–H groups in total. The number of thioether (sulfide) groups is 1. The molecule has 1 aromatic heterocycles. The molecule has 0 unspecified atom stereocenters. The van der Waals surface area contributed by atoms with Crippen LogP contribution in [0.4, 0.5) is 5.13 Å². The summed E-state index contributed by atoms with van der Waals surface area (Å²) in [4.78, 5) is 58.5. The number of thiazole rings is 1. The Balaban J connectivity index is 1.76. The predicted octanol–water partition coefficient (Wildman–Crippen LogP) is 0.433. The monoisotopic (exact) mass is 495 g/mol. The van der Waals surface area contributed by atoms with Crippen LogP contribution in [0.1, 0.15) is 19.5 Å². The molecule has 176 valence electrons. The van der Waals surface area contributed by atoms with Crippen molar-refractivity contribution in [3.8, 4) is 0 Å². The van der Waals surface area contributed by atoms with Gasteiger partial charge in [0.05, 0.1) is 5.69 Å². The van der Waals surface area contributed by atoms with Gasteiger partial charge in [0.15, 0.2) is 10.8 Å². The highest BCUT2D eigenvalue weighted by molar-refractivity contribution is 8.00. The third-order valence-electron chi connectivity index (χ3n) is 4.66. The van der Waals surface area contributed by atoms with Crippen LogP contribution in [0, 0.1) is 0 Å². The van der Waals surface area contributed by atoms with Crippen LogP contribution in [0.25, 0.3) is 6.08 Å². The van der Waals surface area contributed by atoms with E-state index in [1.165, 1.54) is 37.1 Å². The summed E-state index contributed by atoms with van der Waals surface area (Å²) in [6.45, 7) is 2.61. The summed E-state index contributed by atoms with van der Waals surface area (Å²) < 4.78 is 4.90. The third-order valence-corrected chi connectivity index (χ3v) is 6.69. The van der Waals surface area contributed by atoms with Crippen LogP contribution in [0.2, 0.25) is 0 Å². The zero-order chi connectivity index (χ0) is 24.3. The number of aromatic nitrogens is 1. The largest absolute Gasteiger partial charge is 0.477 e. The van der Waals surface area contributed by atoms with Crippen LogP contribution in [-0.4, -0.2) is 75.3 Å². The van der Waals surface area contributed by atoms with E-state index >= 15 is 0 Å². The quantitative estimate of drug-likeness (QED) is 0.199. The number of nitrogens with two attached hydrogens (primary N) is 1. The summed E-state index contributed by atoms with van der Waals surface area (Å²) >= 11 is 2.50. The molecule has 2 aliphatic heterocycles. The van der Waals surface area contributed by atoms with E-state index in [0.29, 0.717) is 22.0 Å². The van der Waals surface area contributed by atoms with Gasteiger partial charge in [-0.2, -0.15) is 0 Å². The molecule has 12 nitrogen and oxygen atoms in total. The molecule has 0 radical (unpaired) electrons. The topological polar surface area (TPSA) is 174 Å². The van der Waals surface area contributed by atoms with E-state index in [-0.39, 0.29) is 23.8 Å². The predicted molar refractivity (Wildman–Crippen MR) is 121 cm³/mol. The number of aliphatic carboxylic acids is 1. The Hall–Kier alpha value is -3.39. The number of hydrogen-bond acceptors (Lipinski definition) is 11. The number of carbonyl (C=O) groups excluding carboxylic acids is 3. The van der Waals surface area contributed by atoms with Crippen molar-refractivity contribution in [3.05, 3.63) is 27.9 Å². The number of carbonyl (C=O) groups is 4. The maximum Gasteiger partial charge on any atom is 0.352 e. The lowest BCUT2D eigenvalue weighted by Gasteiger charge is -2.49. The Labute approximate surface area is 196 Å². The Morgan fingerprint density at radius 1 is 1.42 bits per heavy atom. The molecule has 0 saturated carbocycles. The molecule has 0 bridgehead atoms. The number of hydrogen-bond donors (Lipinski definition) is 3. The minimum atomic E-state index is -1.32. The molecule has 1 fully saturated rings. The molecule has 14 heteroatoms. The molecule has 3 heterocycles. The van der Waals surface area contributed by atoms with Crippen LogP contribution >= 0.6 is 23.1 Å². The zero-order valence-corrected chi connectivity index (χ0v) is 19.5. The molecule has 2 amide bonds. The highest BCUT2D eigenvalue weighted by atomic mass is 32.2. The Morgan fingerprint density at radius 3 is 2.73 bits per heavy atom. The number of ether oxygens (including phenoxy) is 1. The number of β-lactam (4-membered cyclic amide) rings is 1. The molecule has 0 aliphatic carbocycles. The van der Waals surface area contributed by atoms with Crippen LogP contribution < -0.4 is 11.1 Å². The van der Waals surface area contributed by atoms with Gasteiger partial charge in [-0.05, 0) is 18.6 Å². The number of esters is 1. The first-order valence-corrected chi connectivity index (χ1v) is 11.4. The number of oxime groups is 1. The molecule has 3 rings (SSSR count). The maximum atomic E-state index is 12.9. The van der Waals surface area contributed by atoms with Gasteiger partial charge in [-0.25, -0.2) is 9.78 Å². The van der Waals surface area contributed by atoms with Crippen LogP contribution in [-0.2, 0) is 28.8 Å². The van der Waals surface area contributed by atoms with Gasteiger partial charge in [-0.1, -0.05) is 5.16 Å². The van der Waals surface area contributed by atoms with Gasteiger partial charge in [0.25, 0.3) is 11.8 Å². The van der Waals surface area contributed by atoms with Gasteiger partial charge in [0.1, 0.15) is 30.8 Å². The van der Waals surface area contributed by atoms with Gasteiger partial charge in [-0.3, -0.25) is 19.3 Å². The van der Waals surface area contributed by atoms with Crippen molar-refractivity contribution in [1.82, 2.24) is 15.2 Å². The average Bonchev–Trinajstić information content (AvgIpc) is 3.17. The van der Waals surface area contributed by atoms with Crippen molar-refractivity contribution in [3.63, 3.8) is 0 Å². The lowest BCUT2D eigenvalue weighted by molar-refractivity contribution is -0.150. The second-order valence-electron chi connectivity index (χ2n) is 6.96. The maximum absolute atomic E-state index is 12.9. The number of nitrogens with one attached hydrogen (secondary N) is 1. The van der Waals surface area contributed by atoms with E-state index in [9.17, 15) is 24.3 Å².